The molecule has 0 aliphatic rings. The Balaban J connectivity index is 3.58. The van der Waals surface area contributed by atoms with Crippen LogP contribution in [0.25, 0.3) is 0 Å². The fourth-order valence-corrected chi connectivity index (χ4v) is 4.77. The monoisotopic (exact) mass is 485 g/mol. The maximum atomic E-state index is 9.13. The summed E-state index contributed by atoms with van der Waals surface area (Å²) in [6.45, 7) is 5.88. The second-order valence-electron chi connectivity index (χ2n) is 10.3. The number of aliphatic hydroxyl groups is 1. The highest BCUT2D eigenvalue weighted by Gasteiger charge is 2.05. The molecule has 0 aromatic rings. The van der Waals surface area contributed by atoms with Gasteiger partial charge in [-0.25, -0.2) is 0 Å². The summed E-state index contributed by atoms with van der Waals surface area (Å²) in [6.07, 6.45) is 29.5. The van der Waals surface area contributed by atoms with Gasteiger partial charge in [-0.15, -0.1) is 0 Å². The number of aliphatic hydroxyl groups excluding tert-OH is 1. The van der Waals surface area contributed by atoms with Crippen molar-refractivity contribution in [1.29, 1.82) is 0 Å². The quantitative estimate of drug-likeness (QED) is 0.104. The summed E-state index contributed by atoms with van der Waals surface area (Å²) < 4.78 is 10.2. The van der Waals surface area contributed by atoms with Crippen LogP contribution in [0.3, 0.4) is 0 Å². The van der Waals surface area contributed by atoms with Gasteiger partial charge in [-0.3, -0.25) is 0 Å². The van der Waals surface area contributed by atoms with Gasteiger partial charge in [-0.2, -0.15) is 0 Å². The van der Waals surface area contributed by atoms with E-state index in [9.17, 15) is 0 Å². The van der Waals surface area contributed by atoms with Crippen molar-refractivity contribution in [2.75, 3.05) is 53.7 Å². The first kappa shape index (κ1) is 33.8. The van der Waals surface area contributed by atoms with E-state index >= 15 is 0 Å². The second kappa shape index (κ2) is 30.9. The van der Waals surface area contributed by atoms with Crippen LogP contribution in [0.2, 0.25) is 0 Å². The van der Waals surface area contributed by atoms with E-state index in [4.69, 9.17) is 14.6 Å². The van der Waals surface area contributed by atoms with Crippen molar-refractivity contribution in [3.05, 3.63) is 0 Å². The first-order valence-electron chi connectivity index (χ1n) is 15.2. The van der Waals surface area contributed by atoms with E-state index in [1.165, 1.54) is 148 Å². The van der Waals surface area contributed by atoms with Crippen molar-refractivity contribution in [3.8, 4) is 0 Å². The van der Waals surface area contributed by atoms with Crippen molar-refractivity contribution in [2.24, 2.45) is 0 Å². The standard InChI is InChI=1S/C30H63NO3/c1-33-29-23-17-13-9-5-3-7-11-15-19-25-31(27-21-22-28-32)26-20-16-12-8-4-6-10-14-18-24-30-34-2/h32H,3-30H2,1-2H3. The second-order valence-corrected chi connectivity index (χ2v) is 10.3. The summed E-state index contributed by atoms with van der Waals surface area (Å²) >= 11 is 0. The summed E-state index contributed by atoms with van der Waals surface area (Å²) in [5.74, 6) is 0. The molecule has 0 unspecified atom stereocenters. The number of methoxy groups -OCH3 is 2. The molecule has 0 aromatic carbocycles. The van der Waals surface area contributed by atoms with E-state index in [-0.39, 0.29) is 0 Å². The molecule has 0 radical (unpaired) electrons. The molecule has 0 aromatic heterocycles. The van der Waals surface area contributed by atoms with Crippen LogP contribution in [0.1, 0.15) is 141 Å². The van der Waals surface area contributed by atoms with Crippen LogP contribution in [0.4, 0.5) is 0 Å². The molecule has 0 amide bonds. The minimum atomic E-state index is 0.340. The van der Waals surface area contributed by atoms with Crippen LogP contribution in [-0.4, -0.2) is 63.7 Å². The van der Waals surface area contributed by atoms with Crippen molar-refractivity contribution in [3.63, 3.8) is 0 Å². The van der Waals surface area contributed by atoms with Gasteiger partial charge in [0.05, 0.1) is 0 Å². The van der Waals surface area contributed by atoms with E-state index in [1.807, 2.05) is 0 Å². The third-order valence-electron chi connectivity index (χ3n) is 7.03. The predicted octanol–water partition coefficient (Wildman–Crippen LogP) is 8.16. The van der Waals surface area contributed by atoms with E-state index in [0.29, 0.717) is 6.61 Å². The molecule has 206 valence electrons. The number of nitrogens with zero attached hydrogens (tertiary/aromatic N) is 1. The van der Waals surface area contributed by atoms with Crippen molar-refractivity contribution in [1.82, 2.24) is 4.90 Å². The lowest BCUT2D eigenvalue weighted by Gasteiger charge is -2.22. The summed E-state index contributed by atoms with van der Waals surface area (Å²) in [7, 11) is 3.59. The summed E-state index contributed by atoms with van der Waals surface area (Å²) in [6, 6.07) is 0. The zero-order chi connectivity index (χ0) is 24.8. The Labute approximate surface area is 214 Å². The molecule has 0 rings (SSSR count). The van der Waals surface area contributed by atoms with Crippen LogP contribution in [-0.2, 0) is 9.47 Å². The number of hydrogen-bond acceptors (Lipinski definition) is 4. The molecule has 0 heterocycles. The topological polar surface area (TPSA) is 41.9 Å². The smallest absolute Gasteiger partial charge is 0.0462 e. The average molecular weight is 486 g/mol. The van der Waals surface area contributed by atoms with Crippen molar-refractivity contribution < 1.29 is 14.6 Å². The molecule has 0 fully saturated rings. The Hall–Kier alpha value is -0.160. The molecule has 0 bridgehead atoms. The fourth-order valence-electron chi connectivity index (χ4n) is 4.77. The largest absolute Gasteiger partial charge is 0.396 e. The van der Waals surface area contributed by atoms with Crippen LogP contribution in [0.5, 0.6) is 0 Å². The summed E-state index contributed by atoms with van der Waals surface area (Å²) in [5.41, 5.74) is 0. The highest BCUT2D eigenvalue weighted by Crippen LogP contribution is 2.13. The van der Waals surface area contributed by atoms with E-state index < -0.39 is 0 Å². The highest BCUT2D eigenvalue weighted by atomic mass is 16.5. The maximum Gasteiger partial charge on any atom is 0.0462 e. The first-order chi connectivity index (χ1) is 16.8. The van der Waals surface area contributed by atoms with E-state index in [2.05, 4.69) is 4.90 Å². The Morgan fingerprint density at radius 2 is 0.647 bits per heavy atom. The number of unbranched alkanes of at least 4 members (excludes halogenated alkanes) is 19. The lowest BCUT2D eigenvalue weighted by Crippen LogP contribution is -2.27. The Kier molecular flexibility index (Phi) is 30.7. The van der Waals surface area contributed by atoms with Gasteiger partial charge in [0.25, 0.3) is 0 Å². The average Bonchev–Trinajstić information content (AvgIpc) is 2.85. The fraction of sp³-hybridized carbons (Fsp3) is 1.00. The molecule has 0 spiro atoms. The lowest BCUT2D eigenvalue weighted by molar-refractivity contribution is 0.192. The lowest BCUT2D eigenvalue weighted by atomic mass is 10.1. The van der Waals surface area contributed by atoms with E-state index in [1.54, 1.807) is 14.2 Å². The summed E-state index contributed by atoms with van der Waals surface area (Å²) in [5, 5.41) is 9.13. The Morgan fingerprint density at radius 3 is 0.941 bits per heavy atom. The molecule has 0 aliphatic heterocycles. The molecule has 34 heavy (non-hydrogen) atoms. The van der Waals surface area contributed by atoms with Crippen molar-refractivity contribution >= 4 is 0 Å². The zero-order valence-electron chi connectivity index (χ0n) is 23.5. The maximum absolute atomic E-state index is 9.13. The Morgan fingerprint density at radius 1 is 0.382 bits per heavy atom. The van der Waals surface area contributed by atoms with Crippen LogP contribution >= 0.6 is 0 Å². The van der Waals surface area contributed by atoms with Gasteiger partial charge >= 0.3 is 0 Å². The van der Waals surface area contributed by atoms with Gasteiger partial charge in [-0.1, -0.05) is 103 Å². The molecule has 4 nitrogen and oxygen atoms in total. The van der Waals surface area contributed by atoms with Crippen LogP contribution in [0.15, 0.2) is 0 Å². The van der Waals surface area contributed by atoms with Gasteiger partial charge in [0.1, 0.15) is 0 Å². The number of ether oxygens (including phenoxy) is 2. The molecular weight excluding hydrogens is 422 g/mol. The molecule has 0 aliphatic carbocycles. The van der Waals surface area contributed by atoms with Gasteiger partial charge in [0, 0.05) is 34.0 Å². The first-order valence-corrected chi connectivity index (χ1v) is 15.2. The molecule has 4 heteroatoms. The molecule has 0 atom stereocenters. The molecule has 0 saturated heterocycles. The molecule has 1 N–H and O–H groups in total. The third-order valence-corrected chi connectivity index (χ3v) is 7.03. The minimum Gasteiger partial charge on any atom is -0.396 e. The van der Waals surface area contributed by atoms with Gasteiger partial charge in [-0.05, 0) is 58.2 Å². The molecule has 0 saturated carbocycles. The minimum absolute atomic E-state index is 0.340. The van der Waals surface area contributed by atoms with Gasteiger partial charge < -0.3 is 19.5 Å². The van der Waals surface area contributed by atoms with Gasteiger partial charge in [0.15, 0.2) is 0 Å². The molecular formula is C30H63NO3. The SMILES string of the molecule is COCCCCCCCCCCCCN(CCCCO)CCCCCCCCCCCCOC. The van der Waals surface area contributed by atoms with Gasteiger partial charge in [0.2, 0.25) is 0 Å². The van der Waals surface area contributed by atoms with Crippen LogP contribution in [0, 0.1) is 0 Å². The Bertz CT molecular complexity index is 326. The summed E-state index contributed by atoms with van der Waals surface area (Å²) in [4.78, 5) is 2.68. The number of hydrogen-bond donors (Lipinski definition) is 1. The highest BCUT2D eigenvalue weighted by molar-refractivity contribution is 4.60. The third kappa shape index (κ3) is 28.1. The number of rotatable bonds is 30. The van der Waals surface area contributed by atoms with E-state index in [0.717, 1.165) is 26.1 Å². The van der Waals surface area contributed by atoms with Crippen molar-refractivity contribution in [2.45, 2.75) is 141 Å². The normalized spacial score (nSPS) is 11.6. The zero-order valence-corrected chi connectivity index (χ0v) is 23.5. The van der Waals surface area contributed by atoms with Crippen LogP contribution < -0.4 is 0 Å². The predicted molar refractivity (Wildman–Crippen MR) is 149 cm³/mol.